The van der Waals surface area contributed by atoms with Gasteiger partial charge < -0.3 is 14.6 Å². The summed E-state index contributed by atoms with van der Waals surface area (Å²) in [7, 11) is 0. The Bertz CT molecular complexity index is 548. The van der Waals surface area contributed by atoms with Crippen molar-refractivity contribution in [3.8, 4) is 0 Å². The van der Waals surface area contributed by atoms with E-state index in [0.29, 0.717) is 42.8 Å². The minimum Gasteiger partial charge on any atom is -0.447 e. The van der Waals surface area contributed by atoms with Crippen LogP contribution in [0.25, 0.3) is 0 Å². The van der Waals surface area contributed by atoms with Crippen LogP contribution in [-0.2, 0) is 4.79 Å². The molecule has 6 nitrogen and oxygen atoms in total. The molecule has 2 heterocycles. The monoisotopic (exact) mass is 291 g/mol. The normalized spacial score (nSPS) is 22.5. The quantitative estimate of drug-likeness (QED) is 0.913. The summed E-state index contributed by atoms with van der Waals surface area (Å²) >= 11 is 0. The molecule has 0 spiro atoms. The molecule has 1 aromatic rings. The summed E-state index contributed by atoms with van der Waals surface area (Å²) in [5.41, 5.74) is 0.390. The van der Waals surface area contributed by atoms with Crippen LogP contribution in [0.1, 0.15) is 55.3 Å². The Morgan fingerprint density at radius 3 is 2.95 bits per heavy atom. The van der Waals surface area contributed by atoms with Crippen molar-refractivity contribution in [1.29, 1.82) is 0 Å². The number of nitrogens with one attached hydrogen (secondary N) is 1. The van der Waals surface area contributed by atoms with Crippen molar-refractivity contribution in [3.63, 3.8) is 0 Å². The third-order valence-corrected chi connectivity index (χ3v) is 4.03. The summed E-state index contributed by atoms with van der Waals surface area (Å²) in [6.07, 6.45) is 4.09. The number of nitrogens with zero attached hydrogens (tertiary/aromatic N) is 2. The van der Waals surface area contributed by atoms with Crippen LogP contribution < -0.4 is 5.32 Å². The van der Waals surface area contributed by atoms with Gasteiger partial charge in [-0.15, -0.1) is 0 Å². The van der Waals surface area contributed by atoms with Gasteiger partial charge in [0.15, 0.2) is 12.1 Å². The van der Waals surface area contributed by atoms with Crippen LogP contribution in [0.15, 0.2) is 10.8 Å². The van der Waals surface area contributed by atoms with E-state index in [0.717, 1.165) is 12.8 Å². The number of hydrogen-bond donors (Lipinski definition) is 1. The number of piperazine rings is 1. The molecular weight excluding hydrogens is 270 g/mol. The zero-order chi connectivity index (χ0) is 15.0. The highest BCUT2D eigenvalue weighted by molar-refractivity contribution is 5.97. The van der Waals surface area contributed by atoms with Gasteiger partial charge in [0.25, 0.3) is 5.91 Å². The van der Waals surface area contributed by atoms with Crippen LogP contribution in [0.5, 0.6) is 0 Å². The Balaban J connectivity index is 1.83. The number of oxazole rings is 1. The lowest BCUT2D eigenvalue weighted by molar-refractivity contribution is -0.128. The first kappa shape index (κ1) is 14.1. The number of aromatic nitrogens is 1. The van der Waals surface area contributed by atoms with E-state index in [2.05, 4.69) is 24.1 Å². The summed E-state index contributed by atoms with van der Waals surface area (Å²) in [6, 6.07) is -0.407. The van der Waals surface area contributed by atoms with E-state index in [1.165, 1.54) is 6.39 Å². The van der Waals surface area contributed by atoms with Gasteiger partial charge >= 0.3 is 0 Å². The minimum atomic E-state index is -0.407. The van der Waals surface area contributed by atoms with Crippen LogP contribution in [0.2, 0.25) is 0 Å². The largest absolute Gasteiger partial charge is 0.447 e. The van der Waals surface area contributed by atoms with Gasteiger partial charge in [0, 0.05) is 19.0 Å². The van der Waals surface area contributed by atoms with Gasteiger partial charge in [-0.25, -0.2) is 4.98 Å². The maximum atomic E-state index is 12.8. The first-order valence-corrected chi connectivity index (χ1v) is 7.60. The standard InChI is InChI=1S/C15H21N3O3/c1-9(2)7-11-14(19)16-5-6-18(11)15(20)12-13(10-3-4-10)21-8-17-12/h8-11H,3-7H2,1-2H3,(H,16,19). The second-order valence-electron chi connectivity index (χ2n) is 6.27. The summed E-state index contributed by atoms with van der Waals surface area (Å²) in [5.74, 6) is 1.11. The molecule has 1 N–H and O–H groups in total. The summed E-state index contributed by atoms with van der Waals surface area (Å²) in [6.45, 7) is 5.13. The summed E-state index contributed by atoms with van der Waals surface area (Å²) in [4.78, 5) is 30.6. The first-order chi connectivity index (χ1) is 10.1. The number of hydrogen-bond acceptors (Lipinski definition) is 4. The van der Waals surface area contributed by atoms with Crippen LogP contribution in [0, 0.1) is 5.92 Å². The zero-order valence-electron chi connectivity index (χ0n) is 12.5. The van der Waals surface area contributed by atoms with Gasteiger partial charge in [0.05, 0.1) is 0 Å². The van der Waals surface area contributed by atoms with Gasteiger partial charge in [-0.3, -0.25) is 9.59 Å². The predicted molar refractivity (Wildman–Crippen MR) is 75.8 cm³/mol. The van der Waals surface area contributed by atoms with E-state index in [1.54, 1.807) is 4.90 Å². The highest BCUT2D eigenvalue weighted by Crippen LogP contribution is 2.41. The molecule has 0 radical (unpaired) electrons. The predicted octanol–water partition coefficient (Wildman–Crippen LogP) is 1.54. The zero-order valence-corrected chi connectivity index (χ0v) is 12.5. The van der Waals surface area contributed by atoms with Gasteiger partial charge in [-0.05, 0) is 25.2 Å². The Kier molecular flexibility index (Phi) is 3.69. The summed E-state index contributed by atoms with van der Waals surface area (Å²) in [5, 5.41) is 2.84. The third kappa shape index (κ3) is 2.80. The molecule has 1 aliphatic heterocycles. The highest BCUT2D eigenvalue weighted by atomic mass is 16.3. The van der Waals surface area contributed by atoms with Crippen molar-refractivity contribution in [2.45, 2.75) is 45.1 Å². The number of rotatable bonds is 4. The molecule has 2 fully saturated rings. The molecule has 1 aliphatic carbocycles. The van der Waals surface area contributed by atoms with E-state index >= 15 is 0 Å². The van der Waals surface area contributed by atoms with Gasteiger partial charge in [-0.2, -0.15) is 0 Å². The Morgan fingerprint density at radius 1 is 1.52 bits per heavy atom. The topological polar surface area (TPSA) is 75.4 Å². The van der Waals surface area contributed by atoms with Crippen LogP contribution in [0.4, 0.5) is 0 Å². The molecule has 0 aromatic carbocycles. The fraction of sp³-hybridized carbons (Fsp3) is 0.667. The molecule has 1 unspecified atom stereocenters. The molecule has 0 bridgehead atoms. The van der Waals surface area contributed by atoms with Crippen molar-refractivity contribution in [3.05, 3.63) is 17.8 Å². The lowest BCUT2D eigenvalue weighted by atomic mass is 9.99. The molecule has 21 heavy (non-hydrogen) atoms. The highest BCUT2D eigenvalue weighted by Gasteiger charge is 2.38. The van der Waals surface area contributed by atoms with Crippen LogP contribution >= 0.6 is 0 Å². The molecule has 1 saturated carbocycles. The van der Waals surface area contributed by atoms with Crippen molar-refractivity contribution in [1.82, 2.24) is 15.2 Å². The van der Waals surface area contributed by atoms with Crippen LogP contribution in [0.3, 0.4) is 0 Å². The number of carbonyl (C=O) groups excluding carboxylic acids is 2. The van der Waals surface area contributed by atoms with E-state index in [1.807, 2.05) is 0 Å². The molecule has 6 heteroatoms. The van der Waals surface area contributed by atoms with Crippen LogP contribution in [-0.4, -0.2) is 40.8 Å². The minimum absolute atomic E-state index is 0.0697. The SMILES string of the molecule is CC(C)CC1C(=O)NCCN1C(=O)c1ncoc1C1CC1. The molecule has 2 aliphatic rings. The molecule has 114 valence electrons. The lowest BCUT2D eigenvalue weighted by Crippen LogP contribution is -2.57. The molecule has 3 rings (SSSR count). The molecule has 1 saturated heterocycles. The first-order valence-electron chi connectivity index (χ1n) is 7.60. The maximum absolute atomic E-state index is 12.8. The molecular formula is C15H21N3O3. The third-order valence-electron chi connectivity index (χ3n) is 4.03. The Hall–Kier alpha value is -1.85. The Morgan fingerprint density at radius 2 is 2.29 bits per heavy atom. The molecule has 2 amide bonds. The molecule has 1 aromatic heterocycles. The van der Waals surface area contributed by atoms with Gasteiger partial charge in [0.2, 0.25) is 5.91 Å². The smallest absolute Gasteiger partial charge is 0.276 e. The maximum Gasteiger partial charge on any atom is 0.276 e. The average Bonchev–Trinajstić information content (AvgIpc) is 3.17. The second-order valence-corrected chi connectivity index (χ2v) is 6.27. The van der Waals surface area contributed by atoms with Gasteiger partial charge in [-0.1, -0.05) is 13.8 Å². The second kappa shape index (κ2) is 5.50. The number of carbonyl (C=O) groups is 2. The van der Waals surface area contributed by atoms with Crippen molar-refractivity contribution in [2.75, 3.05) is 13.1 Å². The lowest BCUT2D eigenvalue weighted by Gasteiger charge is -2.35. The average molecular weight is 291 g/mol. The fourth-order valence-corrected chi connectivity index (χ4v) is 2.83. The summed E-state index contributed by atoms with van der Waals surface area (Å²) < 4.78 is 5.38. The number of amides is 2. The van der Waals surface area contributed by atoms with E-state index in [9.17, 15) is 9.59 Å². The van der Waals surface area contributed by atoms with E-state index in [-0.39, 0.29) is 11.8 Å². The van der Waals surface area contributed by atoms with Crippen molar-refractivity contribution >= 4 is 11.8 Å². The van der Waals surface area contributed by atoms with Crippen molar-refractivity contribution in [2.24, 2.45) is 5.92 Å². The fourth-order valence-electron chi connectivity index (χ4n) is 2.83. The van der Waals surface area contributed by atoms with Gasteiger partial charge in [0.1, 0.15) is 11.8 Å². The molecule has 1 atom stereocenters. The van der Waals surface area contributed by atoms with Crippen molar-refractivity contribution < 1.29 is 14.0 Å². The van der Waals surface area contributed by atoms with E-state index in [4.69, 9.17) is 4.42 Å². The Labute approximate surface area is 123 Å². The van der Waals surface area contributed by atoms with E-state index < -0.39 is 6.04 Å².